The van der Waals surface area contributed by atoms with E-state index in [2.05, 4.69) is 6.58 Å². The van der Waals surface area contributed by atoms with Gasteiger partial charge in [0.05, 0.1) is 6.26 Å². The maximum Gasteiger partial charge on any atom is 0.111 e. The van der Waals surface area contributed by atoms with E-state index in [0.29, 0.717) is 0 Å². The molecule has 0 unspecified atom stereocenters. The number of rotatable bonds is 2. The van der Waals surface area contributed by atoms with Crippen molar-refractivity contribution >= 4 is 0 Å². The Morgan fingerprint density at radius 1 is 1.62 bits per heavy atom. The lowest BCUT2D eigenvalue weighted by molar-refractivity contribution is 0.543. The van der Waals surface area contributed by atoms with Gasteiger partial charge in [0.25, 0.3) is 0 Å². The van der Waals surface area contributed by atoms with Crippen LogP contribution in [-0.2, 0) is 0 Å². The average Bonchev–Trinajstić information content (AvgIpc) is 2.19. The highest BCUT2D eigenvalue weighted by atomic mass is 16.5. The molecule has 0 spiro atoms. The molecule has 0 aliphatic carbocycles. The van der Waals surface area contributed by atoms with Gasteiger partial charge >= 0.3 is 0 Å². The van der Waals surface area contributed by atoms with Crippen molar-refractivity contribution in [2.24, 2.45) is 0 Å². The Hall–Kier alpha value is -0.980. The molecule has 0 fully saturated rings. The molecular formula is C7H7O. The first-order chi connectivity index (χ1) is 3.93. The summed E-state index contributed by atoms with van der Waals surface area (Å²) >= 11 is 0. The topological polar surface area (TPSA) is 13.1 Å². The molecule has 0 bridgehead atoms. The van der Waals surface area contributed by atoms with Gasteiger partial charge in [-0.1, -0.05) is 6.08 Å². The molecule has 1 aromatic rings. The first-order valence-corrected chi connectivity index (χ1v) is 2.43. The summed E-state index contributed by atoms with van der Waals surface area (Å²) in [5.74, 6) is 0.847. The highest BCUT2D eigenvalue weighted by molar-refractivity contribution is 5.15. The Balaban J connectivity index is 2.62. The third-order valence-electron chi connectivity index (χ3n) is 0.825. The molecule has 0 N–H and O–H groups in total. The van der Waals surface area contributed by atoms with Gasteiger partial charge in [-0.25, -0.2) is 0 Å². The van der Waals surface area contributed by atoms with Gasteiger partial charge < -0.3 is 4.42 Å². The smallest absolute Gasteiger partial charge is 0.111 e. The Labute approximate surface area is 48.6 Å². The highest BCUT2D eigenvalue weighted by Crippen LogP contribution is 2.01. The van der Waals surface area contributed by atoms with Crippen molar-refractivity contribution in [3.05, 3.63) is 43.2 Å². The molecule has 1 rings (SSSR count). The van der Waals surface area contributed by atoms with Crippen LogP contribution in [0.5, 0.6) is 0 Å². The van der Waals surface area contributed by atoms with Gasteiger partial charge in [-0.3, -0.25) is 0 Å². The SMILES string of the molecule is C=C[CH][14c]1ccco1. The molecule has 1 radical (unpaired) electrons. The van der Waals surface area contributed by atoms with Crippen molar-refractivity contribution in [1.29, 1.82) is 0 Å². The number of hydrogen-bond donors (Lipinski definition) is 0. The Kier molecular flexibility index (Phi) is 1.52. The minimum absolute atomic E-state index is 0.847. The van der Waals surface area contributed by atoms with Gasteiger partial charge in [-0.05, 0) is 12.1 Å². The highest BCUT2D eigenvalue weighted by Gasteiger charge is 1.87. The van der Waals surface area contributed by atoms with E-state index in [4.69, 9.17) is 4.42 Å². The summed E-state index contributed by atoms with van der Waals surface area (Å²) in [5, 5.41) is 0. The summed E-state index contributed by atoms with van der Waals surface area (Å²) in [6, 6.07) is 3.72. The van der Waals surface area contributed by atoms with Crippen molar-refractivity contribution in [2.75, 3.05) is 0 Å². The fourth-order valence-corrected chi connectivity index (χ4v) is 0.502. The summed E-state index contributed by atoms with van der Waals surface area (Å²) in [6.45, 7) is 3.52. The molecule has 0 aliphatic heterocycles. The van der Waals surface area contributed by atoms with Crippen LogP contribution in [-0.4, -0.2) is 0 Å². The normalized spacial score (nSPS) is 9.00. The predicted molar refractivity (Wildman–Crippen MR) is 32.3 cm³/mol. The lowest BCUT2D eigenvalue weighted by Gasteiger charge is -1.81. The van der Waals surface area contributed by atoms with Crippen LogP contribution in [0.25, 0.3) is 0 Å². The second kappa shape index (κ2) is 2.36. The van der Waals surface area contributed by atoms with Gasteiger partial charge in [0.15, 0.2) is 0 Å². The first-order valence-electron chi connectivity index (χ1n) is 2.43. The van der Waals surface area contributed by atoms with Crippen LogP contribution in [0.2, 0.25) is 0 Å². The zero-order chi connectivity index (χ0) is 5.82. The fourth-order valence-electron chi connectivity index (χ4n) is 0.502. The molecule has 1 aromatic heterocycles. The Bertz CT molecular complexity index is 151. The van der Waals surface area contributed by atoms with Crippen LogP contribution in [0.1, 0.15) is 5.76 Å². The van der Waals surface area contributed by atoms with Crippen molar-refractivity contribution in [3.8, 4) is 0 Å². The molecule has 0 amide bonds. The maximum absolute atomic E-state index is 4.95. The van der Waals surface area contributed by atoms with E-state index in [1.54, 1.807) is 18.8 Å². The zero-order valence-electron chi connectivity index (χ0n) is 4.50. The van der Waals surface area contributed by atoms with E-state index < -0.39 is 0 Å². The molecular weight excluding hydrogens is 102 g/mol. The molecule has 0 saturated heterocycles. The van der Waals surface area contributed by atoms with Crippen LogP contribution in [0.3, 0.4) is 0 Å². The Morgan fingerprint density at radius 2 is 2.50 bits per heavy atom. The summed E-state index contributed by atoms with van der Waals surface area (Å²) in [4.78, 5) is 0. The quantitative estimate of drug-likeness (QED) is 0.566. The van der Waals surface area contributed by atoms with Crippen molar-refractivity contribution in [3.63, 3.8) is 0 Å². The van der Waals surface area contributed by atoms with Crippen LogP contribution < -0.4 is 0 Å². The second-order valence-corrected chi connectivity index (χ2v) is 1.42. The lowest BCUT2D eigenvalue weighted by atomic mass is 10.6. The summed E-state index contributed by atoms with van der Waals surface area (Å²) < 4.78 is 4.95. The van der Waals surface area contributed by atoms with Crippen molar-refractivity contribution in [1.82, 2.24) is 0 Å². The van der Waals surface area contributed by atoms with Gasteiger partial charge in [0, 0.05) is 6.42 Å². The minimum Gasteiger partial charge on any atom is -0.469 e. The molecule has 0 saturated carbocycles. The summed E-state index contributed by atoms with van der Waals surface area (Å²) in [7, 11) is 0. The van der Waals surface area contributed by atoms with E-state index in [0.717, 1.165) is 5.76 Å². The monoisotopic (exact) mass is 109 g/mol. The van der Waals surface area contributed by atoms with Crippen LogP contribution in [0, 0.1) is 6.42 Å². The number of furan rings is 1. The molecule has 0 aliphatic rings. The summed E-state index contributed by atoms with van der Waals surface area (Å²) in [5.41, 5.74) is 0. The lowest BCUT2D eigenvalue weighted by Crippen LogP contribution is -1.65. The number of allylic oxidation sites excluding steroid dienone is 1. The van der Waals surface area contributed by atoms with Gasteiger partial charge in [0.2, 0.25) is 0 Å². The molecule has 1 nitrogen and oxygen atoms in total. The third kappa shape index (κ3) is 0.997. The average molecular weight is 109 g/mol. The first kappa shape index (κ1) is 5.16. The molecule has 0 atom stereocenters. The van der Waals surface area contributed by atoms with Crippen LogP contribution >= 0.6 is 0 Å². The van der Waals surface area contributed by atoms with Gasteiger partial charge in [-0.15, -0.1) is 6.58 Å². The molecule has 41 valence electrons. The molecule has 1 heterocycles. The molecule has 8 heavy (non-hydrogen) atoms. The Morgan fingerprint density at radius 3 is 3.00 bits per heavy atom. The standard InChI is InChI=1S/C7H7O/c1-2-4-7-5-3-6-8-7/h2-6H,1H2/i7+2. The predicted octanol–water partition coefficient (Wildman–Crippen LogP) is 2.02. The summed E-state index contributed by atoms with van der Waals surface area (Å²) in [6.07, 6.45) is 5.13. The van der Waals surface area contributed by atoms with Crippen molar-refractivity contribution in [2.45, 2.75) is 0 Å². The number of hydrogen-bond acceptors (Lipinski definition) is 1. The third-order valence-corrected chi connectivity index (χ3v) is 0.825. The van der Waals surface area contributed by atoms with E-state index in [-0.39, 0.29) is 0 Å². The van der Waals surface area contributed by atoms with E-state index in [1.165, 1.54) is 0 Å². The fraction of sp³-hybridized carbons (Fsp3) is 0. The van der Waals surface area contributed by atoms with E-state index in [1.807, 2.05) is 12.1 Å². The molecule has 0 aromatic carbocycles. The largest absolute Gasteiger partial charge is 0.469 e. The molecule has 1 heteroatoms. The second-order valence-electron chi connectivity index (χ2n) is 1.42. The van der Waals surface area contributed by atoms with Crippen LogP contribution in [0.4, 0.5) is 0 Å². The van der Waals surface area contributed by atoms with Gasteiger partial charge in [0.1, 0.15) is 5.76 Å². The van der Waals surface area contributed by atoms with E-state index in [9.17, 15) is 0 Å². The zero-order valence-corrected chi connectivity index (χ0v) is 4.50. The van der Waals surface area contributed by atoms with E-state index >= 15 is 0 Å². The maximum atomic E-state index is 4.95. The van der Waals surface area contributed by atoms with Crippen LogP contribution in [0.15, 0.2) is 35.5 Å². The van der Waals surface area contributed by atoms with Crippen molar-refractivity contribution < 1.29 is 4.42 Å². The van der Waals surface area contributed by atoms with Gasteiger partial charge in [-0.2, -0.15) is 0 Å². The minimum atomic E-state index is 0.847.